The molecule has 1 rings (SSSR count). The maximum absolute atomic E-state index is 11.8. The lowest BCUT2D eigenvalue weighted by atomic mass is 10.3. The van der Waals surface area contributed by atoms with Crippen LogP contribution in [0.2, 0.25) is 0 Å². The first-order valence-corrected chi connectivity index (χ1v) is 5.84. The monoisotopic (exact) mass is 236 g/mol. The molecule has 0 fully saturated rings. The van der Waals surface area contributed by atoms with Crippen LogP contribution in [0.1, 0.15) is 20.8 Å². The molecule has 4 nitrogen and oxygen atoms in total. The minimum Gasteiger partial charge on any atom is -0.495 e. The number of para-hydroxylation sites is 2. The summed E-state index contributed by atoms with van der Waals surface area (Å²) in [5, 5.41) is 3.64. The summed E-state index contributed by atoms with van der Waals surface area (Å²) in [6, 6.07) is 7.54. The molecule has 1 aromatic rings. The lowest BCUT2D eigenvalue weighted by Crippen LogP contribution is -2.45. The maximum atomic E-state index is 11.8. The van der Waals surface area contributed by atoms with Gasteiger partial charge in [0, 0.05) is 20.0 Å². The Morgan fingerprint density at radius 2 is 1.82 bits per heavy atom. The number of rotatable bonds is 5. The molecular formula is C13H20N2O2. The van der Waals surface area contributed by atoms with E-state index in [4.69, 9.17) is 4.74 Å². The second-order valence-corrected chi connectivity index (χ2v) is 3.64. The second-order valence-electron chi connectivity index (χ2n) is 3.64. The van der Waals surface area contributed by atoms with Gasteiger partial charge in [0.05, 0.1) is 7.11 Å². The summed E-state index contributed by atoms with van der Waals surface area (Å²) < 4.78 is 5.30. The van der Waals surface area contributed by atoms with Crippen molar-refractivity contribution in [1.29, 1.82) is 0 Å². The van der Waals surface area contributed by atoms with Gasteiger partial charge in [0.1, 0.15) is 11.4 Å². The Bertz CT molecular complexity index is 375. The Morgan fingerprint density at radius 1 is 1.24 bits per heavy atom. The van der Waals surface area contributed by atoms with Gasteiger partial charge in [-0.15, -0.1) is 0 Å². The number of carbonyl (C=O) groups excluding carboxylic acids is 1. The number of methoxy groups -OCH3 is 1. The van der Waals surface area contributed by atoms with Crippen molar-refractivity contribution in [1.82, 2.24) is 5.01 Å². The number of carbonyl (C=O) groups is 1. The Morgan fingerprint density at radius 3 is 2.29 bits per heavy atom. The topological polar surface area (TPSA) is 32.8 Å². The van der Waals surface area contributed by atoms with Gasteiger partial charge < -0.3 is 4.74 Å². The number of hydrogen-bond donors (Lipinski definition) is 0. The van der Waals surface area contributed by atoms with Gasteiger partial charge in [-0.2, -0.15) is 0 Å². The van der Waals surface area contributed by atoms with Gasteiger partial charge in [-0.25, -0.2) is 10.0 Å². The van der Waals surface area contributed by atoms with E-state index in [1.807, 2.05) is 43.1 Å². The van der Waals surface area contributed by atoms with Gasteiger partial charge in [-0.05, 0) is 12.1 Å². The van der Waals surface area contributed by atoms with Crippen molar-refractivity contribution in [2.45, 2.75) is 20.8 Å². The highest BCUT2D eigenvalue weighted by Crippen LogP contribution is 2.28. The summed E-state index contributed by atoms with van der Waals surface area (Å²) in [5.41, 5.74) is 0.784. The van der Waals surface area contributed by atoms with E-state index < -0.39 is 0 Å². The predicted octanol–water partition coefficient (Wildman–Crippen LogP) is 2.30. The van der Waals surface area contributed by atoms with Crippen LogP contribution >= 0.6 is 0 Å². The fraction of sp³-hybridized carbons (Fsp3) is 0.462. The molecule has 0 aromatic heterocycles. The zero-order valence-corrected chi connectivity index (χ0v) is 10.9. The molecule has 0 saturated carbocycles. The highest BCUT2D eigenvalue weighted by molar-refractivity contribution is 5.92. The summed E-state index contributed by atoms with van der Waals surface area (Å²) in [4.78, 5) is 11.8. The van der Waals surface area contributed by atoms with Crippen LogP contribution in [-0.2, 0) is 4.79 Å². The molecule has 0 saturated heterocycles. The third-order valence-electron chi connectivity index (χ3n) is 2.62. The van der Waals surface area contributed by atoms with Crippen molar-refractivity contribution >= 4 is 11.6 Å². The molecule has 0 atom stereocenters. The van der Waals surface area contributed by atoms with E-state index in [9.17, 15) is 4.79 Å². The minimum atomic E-state index is -0.0156. The van der Waals surface area contributed by atoms with Crippen molar-refractivity contribution < 1.29 is 9.53 Å². The Labute approximate surface area is 103 Å². The summed E-state index contributed by atoms with van der Waals surface area (Å²) in [6.45, 7) is 7.15. The minimum absolute atomic E-state index is 0.0156. The molecule has 0 bridgehead atoms. The van der Waals surface area contributed by atoms with Crippen molar-refractivity contribution in [3.8, 4) is 5.75 Å². The molecule has 1 amide bonds. The average molecular weight is 236 g/mol. The molecule has 0 aliphatic carbocycles. The molecule has 17 heavy (non-hydrogen) atoms. The number of hydrazine groups is 1. The van der Waals surface area contributed by atoms with E-state index in [1.165, 1.54) is 0 Å². The highest BCUT2D eigenvalue weighted by atomic mass is 16.5. The number of nitrogens with zero attached hydrogens (tertiary/aromatic N) is 2. The number of amides is 1. The van der Waals surface area contributed by atoms with E-state index in [0.717, 1.165) is 18.8 Å². The van der Waals surface area contributed by atoms with Crippen molar-refractivity contribution in [2.24, 2.45) is 0 Å². The fourth-order valence-electron chi connectivity index (χ4n) is 1.83. The van der Waals surface area contributed by atoms with E-state index in [2.05, 4.69) is 0 Å². The van der Waals surface area contributed by atoms with Gasteiger partial charge in [0.2, 0.25) is 5.91 Å². The third-order valence-corrected chi connectivity index (χ3v) is 2.62. The lowest BCUT2D eigenvalue weighted by molar-refractivity contribution is -0.119. The molecule has 0 radical (unpaired) electrons. The van der Waals surface area contributed by atoms with E-state index in [1.54, 1.807) is 19.0 Å². The Hall–Kier alpha value is -1.55. The third kappa shape index (κ3) is 2.97. The fourth-order valence-corrected chi connectivity index (χ4v) is 1.83. The van der Waals surface area contributed by atoms with Crippen molar-refractivity contribution in [3.63, 3.8) is 0 Å². The molecule has 0 spiro atoms. The lowest BCUT2D eigenvalue weighted by Gasteiger charge is -2.33. The first kappa shape index (κ1) is 13.5. The number of benzene rings is 1. The molecule has 94 valence electrons. The SMILES string of the molecule is CCN(CC)N(C(C)=O)c1ccccc1OC. The van der Waals surface area contributed by atoms with Gasteiger partial charge in [0.25, 0.3) is 0 Å². The summed E-state index contributed by atoms with van der Waals surface area (Å²) in [7, 11) is 1.61. The number of anilines is 1. The molecule has 4 heteroatoms. The largest absolute Gasteiger partial charge is 0.495 e. The number of ether oxygens (including phenoxy) is 1. The molecule has 1 aromatic carbocycles. The highest BCUT2D eigenvalue weighted by Gasteiger charge is 2.20. The zero-order chi connectivity index (χ0) is 12.8. The van der Waals surface area contributed by atoms with Crippen LogP contribution in [0, 0.1) is 0 Å². The van der Waals surface area contributed by atoms with Crippen LogP contribution in [0.3, 0.4) is 0 Å². The smallest absolute Gasteiger partial charge is 0.238 e. The first-order valence-electron chi connectivity index (χ1n) is 5.84. The summed E-state index contributed by atoms with van der Waals surface area (Å²) >= 11 is 0. The van der Waals surface area contributed by atoms with Crippen LogP contribution in [-0.4, -0.2) is 31.1 Å². The van der Waals surface area contributed by atoms with E-state index in [-0.39, 0.29) is 5.91 Å². The predicted molar refractivity (Wildman–Crippen MR) is 69.1 cm³/mol. The average Bonchev–Trinajstić information content (AvgIpc) is 2.35. The molecule has 0 N–H and O–H groups in total. The van der Waals surface area contributed by atoms with Crippen LogP contribution in [0.25, 0.3) is 0 Å². The molecule has 0 unspecified atom stereocenters. The van der Waals surface area contributed by atoms with Crippen LogP contribution < -0.4 is 9.75 Å². The van der Waals surface area contributed by atoms with E-state index >= 15 is 0 Å². The van der Waals surface area contributed by atoms with Crippen molar-refractivity contribution in [3.05, 3.63) is 24.3 Å². The molecule has 0 aliphatic rings. The van der Waals surface area contributed by atoms with Gasteiger partial charge >= 0.3 is 0 Å². The van der Waals surface area contributed by atoms with Gasteiger partial charge in [0.15, 0.2) is 0 Å². The van der Waals surface area contributed by atoms with Crippen LogP contribution in [0.15, 0.2) is 24.3 Å². The Balaban J connectivity index is 3.17. The maximum Gasteiger partial charge on any atom is 0.238 e. The summed E-state index contributed by atoms with van der Waals surface area (Å²) in [6.07, 6.45) is 0. The number of hydrogen-bond acceptors (Lipinski definition) is 3. The molecule has 0 heterocycles. The van der Waals surface area contributed by atoms with Gasteiger partial charge in [-0.1, -0.05) is 26.0 Å². The zero-order valence-electron chi connectivity index (χ0n) is 10.9. The molecule has 0 aliphatic heterocycles. The van der Waals surface area contributed by atoms with Crippen LogP contribution in [0.5, 0.6) is 5.75 Å². The quantitative estimate of drug-likeness (QED) is 0.735. The molecular weight excluding hydrogens is 216 g/mol. The van der Waals surface area contributed by atoms with Crippen LogP contribution in [0.4, 0.5) is 5.69 Å². The van der Waals surface area contributed by atoms with Crippen molar-refractivity contribution in [2.75, 3.05) is 25.2 Å². The van der Waals surface area contributed by atoms with E-state index in [0.29, 0.717) is 5.75 Å². The Kier molecular flexibility index (Phi) is 4.97. The standard InChI is InChI=1S/C13H20N2O2/c1-5-14(6-2)15(11(3)16)12-9-7-8-10-13(12)17-4/h7-10H,5-6H2,1-4H3. The second kappa shape index (κ2) is 6.25. The normalized spacial score (nSPS) is 10.4. The van der Waals surface area contributed by atoms with Gasteiger partial charge in [-0.3, -0.25) is 4.79 Å². The first-order chi connectivity index (χ1) is 8.15. The summed E-state index contributed by atoms with van der Waals surface area (Å²) in [5.74, 6) is 0.688.